The standard InChI is InChI=1S/C19H23N5O3/c1-13(25)24-8-7-17(14-3-5-16(27-2)6-4-14)18(11-24)23-19(26)22-15-9-20-12-21-10-15/h3-6,9-10,12,17-18H,7-8,11H2,1-2H3,(H2,22,23,26)/t17-,18+/m1/s1. The number of nitrogens with zero attached hydrogens (tertiary/aromatic N) is 3. The van der Waals surface area contributed by atoms with Gasteiger partial charge in [-0.2, -0.15) is 0 Å². The highest BCUT2D eigenvalue weighted by Gasteiger charge is 2.32. The molecule has 1 saturated heterocycles. The Balaban J connectivity index is 1.74. The van der Waals surface area contributed by atoms with E-state index in [1.165, 1.54) is 18.7 Å². The molecule has 2 aromatic rings. The number of hydrogen-bond acceptors (Lipinski definition) is 5. The Morgan fingerprint density at radius 2 is 1.89 bits per heavy atom. The highest BCUT2D eigenvalue weighted by molar-refractivity contribution is 5.89. The van der Waals surface area contributed by atoms with Gasteiger partial charge in [0.05, 0.1) is 31.2 Å². The molecule has 142 valence electrons. The molecule has 8 nitrogen and oxygen atoms in total. The van der Waals surface area contributed by atoms with E-state index in [1.807, 2.05) is 24.3 Å². The van der Waals surface area contributed by atoms with Crippen LogP contribution in [0.15, 0.2) is 43.0 Å². The number of likely N-dealkylation sites (tertiary alicyclic amines) is 1. The van der Waals surface area contributed by atoms with Gasteiger partial charge in [-0.15, -0.1) is 0 Å². The van der Waals surface area contributed by atoms with E-state index in [4.69, 9.17) is 4.74 Å². The van der Waals surface area contributed by atoms with Crippen molar-refractivity contribution in [3.05, 3.63) is 48.5 Å². The number of urea groups is 1. The Bertz CT molecular complexity index is 782. The fourth-order valence-corrected chi connectivity index (χ4v) is 3.33. The smallest absolute Gasteiger partial charge is 0.319 e. The van der Waals surface area contributed by atoms with Crippen molar-refractivity contribution >= 4 is 17.6 Å². The Labute approximate surface area is 158 Å². The van der Waals surface area contributed by atoms with E-state index in [2.05, 4.69) is 20.6 Å². The maximum atomic E-state index is 12.4. The normalized spacial score (nSPS) is 19.3. The molecular formula is C19H23N5O3. The monoisotopic (exact) mass is 369 g/mol. The van der Waals surface area contributed by atoms with Crippen LogP contribution in [0.1, 0.15) is 24.8 Å². The van der Waals surface area contributed by atoms with Crippen LogP contribution < -0.4 is 15.4 Å². The van der Waals surface area contributed by atoms with Crippen molar-refractivity contribution in [2.75, 3.05) is 25.5 Å². The minimum absolute atomic E-state index is 0.00634. The fourth-order valence-electron chi connectivity index (χ4n) is 3.33. The van der Waals surface area contributed by atoms with Gasteiger partial charge in [0, 0.05) is 25.9 Å². The van der Waals surface area contributed by atoms with Crippen molar-refractivity contribution in [1.82, 2.24) is 20.2 Å². The minimum atomic E-state index is -0.348. The number of aromatic nitrogens is 2. The van der Waals surface area contributed by atoms with Crippen LogP contribution in [0.5, 0.6) is 5.75 Å². The lowest BCUT2D eigenvalue weighted by atomic mass is 9.85. The molecule has 3 rings (SSSR count). The van der Waals surface area contributed by atoms with Gasteiger partial charge in [0.25, 0.3) is 0 Å². The van der Waals surface area contributed by atoms with Crippen LogP contribution in [-0.2, 0) is 4.79 Å². The number of amides is 3. The van der Waals surface area contributed by atoms with Crippen LogP contribution in [0.3, 0.4) is 0 Å². The molecule has 0 unspecified atom stereocenters. The molecule has 3 amide bonds. The van der Waals surface area contributed by atoms with Crippen LogP contribution in [0.2, 0.25) is 0 Å². The van der Waals surface area contributed by atoms with Crippen LogP contribution in [0, 0.1) is 0 Å². The van der Waals surface area contributed by atoms with Crippen molar-refractivity contribution < 1.29 is 14.3 Å². The Morgan fingerprint density at radius 3 is 2.52 bits per heavy atom. The number of piperidine rings is 1. The number of hydrogen-bond donors (Lipinski definition) is 2. The zero-order chi connectivity index (χ0) is 19.2. The maximum Gasteiger partial charge on any atom is 0.319 e. The lowest BCUT2D eigenvalue weighted by Crippen LogP contribution is -2.53. The summed E-state index contributed by atoms with van der Waals surface area (Å²) in [6, 6.07) is 7.27. The molecule has 0 saturated carbocycles. The van der Waals surface area contributed by atoms with Gasteiger partial charge in [0.2, 0.25) is 5.91 Å². The fraction of sp³-hybridized carbons (Fsp3) is 0.368. The average molecular weight is 369 g/mol. The molecule has 2 atom stereocenters. The Kier molecular flexibility index (Phi) is 5.85. The van der Waals surface area contributed by atoms with Crippen molar-refractivity contribution in [3.8, 4) is 5.75 Å². The number of benzene rings is 1. The van der Waals surface area contributed by atoms with Gasteiger partial charge in [-0.3, -0.25) is 4.79 Å². The lowest BCUT2D eigenvalue weighted by molar-refractivity contribution is -0.130. The second-order valence-corrected chi connectivity index (χ2v) is 6.47. The third-order valence-electron chi connectivity index (χ3n) is 4.74. The van der Waals surface area contributed by atoms with Gasteiger partial charge in [-0.1, -0.05) is 12.1 Å². The molecular weight excluding hydrogens is 346 g/mol. The van der Waals surface area contributed by atoms with Gasteiger partial charge in [-0.05, 0) is 24.1 Å². The number of carbonyl (C=O) groups is 2. The first-order valence-electron chi connectivity index (χ1n) is 8.79. The SMILES string of the molecule is COc1ccc([C@H]2CCN(C(C)=O)C[C@@H]2NC(=O)Nc2cncnc2)cc1. The summed E-state index contributed by atoms with van der Waals surface area (Å²) in [6.45, 7) is 2.68. The van der Waals surface area contributed by atoms with Crippen molar-refractivity contribution in [3.63, 3.8) is 0 Å². The summed E-state index contributed by atoms with van der Waals surface area (Å²) in [4.78, 5) is 33.8. The topological polar surface area (TPSA) is 96.5 Å². The van der Waals surface area contributed by atoms with Crippen LogP contribution in [0.4, 0.5) is 10.5 Å². The number of anilines is 1. The lowest BCUT2D eigenvalue weighted by Gasteiger charge is -2.38. The summed E-state index contributed by atoms with van der Waals surface area (Å²) >= 11 is 0. The number of ether oxygens (including phenoxy) is 1. The molecule has 0 spiro atoms. The van der Waals surface area contributed by atoms with E-state index >= 15 is 0 Å². The molecule has 1 aliphatic heterocycles. The third kappa shape index (κ3) is 4.72. The quantitative estimate of drug-likeness (QED) is 0.859. The second kappa shape index (κ2) is 8.48. The maximum absolute atomic E-state index is 12.4. The average Bonchev–Trinajstić information content (AvgIpc) is 2.68. The molecule has 0 aliphatic carbocycles. The summed E-state index contributed by atoms with van der Waals surface area (Å²) in [7, 11) is 1.63. The van der Waals surface area contributed by atoms with E-state index in [0.29, 0.717) is 18.8 Å². The van der Waals surface area contributed by atoms with Crippen LogP contribution in [-0.4, -0.2) is 53.0 Å². The van der Waals surface area contributed by atoms with E-state index in [0.717, 1.165) is 17.7 Å². The zero-order valence-corrected chi connectivity index (χ0v) is 15.4. The number of rotatable bonds is 4. The molecule has 27 heavy (non-hydrogen) atoms. The Morgan fingerprint density at radius 1 is 1.19 bits per heavy atom. The van der Waals surface area contributed by atoms with Gasteiger partial charge in [-0.25, -0.2) is 14.8 Å². The highest BCUT2D eigenvalue weighted by atomic mass is 16.5. The van der Waals surface area contributed by atoms with Crippen molar-refractivity contribution in [1.29, 1.82) is 0 Å². The molecule has 1 fully saturated rings. The molecule has 0 radical (unpaired) electrons. The Hall–Kier alpha value is -3.16. The summed E-state index contributed by atoms with van der Waals surface area (Å²) in [6.07, 6.45) is 5.21. The van der Waals surface area contributed by atoms with E-state index in [-0.39, 0.29) is 23.9 Å². The predicted molar refractivity (Wildman–Crippen MR) is 101 cm³/mol. The number of methoxy groups -OCH3 is 1. The molecule has 8 heteroatoms. The molecule has 0 bridgehead atoms. The highest BCUT2D eigenvalue weighted by Crippen LogP contribution is 2.30. The van der Waals surface area contributed by atoms with Gasteiger partial charge < -0.3 is 20.3 Å². The predicted octanol–water partition coefficient (Wildman–Crippen LogP) is 2.01. The molecule has 1 aliphatic rings. The second-order valence-electron chi connectivity index (χ2n) is 6.47. The first kappa shape index (κ1) is 18.6. The zero-order valence-electron chi connectivity index (χ0n) is 15.4. The number of carbonyl (C=O) groups excluding carboxylic acids is 2. The van der Waals surface area contributed by atoms with Gasteiger partial charge >= 0.3 is 6.03 Å². The summed E-state index contributed by atoms with van der Waals surface area (Å²) in [5.74, 6) is 0.891. The summed E-state index contributed by atoms with van der Waals surface area (Å²) in [5, 5.41) is 5.72. The largest absolute Gasteiger partial charge is 0.497 e. The first-order valence-corrected chi connectivity index (χ1v) is 8.79. The molecule has 2 heterocycles. The third-order valence-corrected chi connectivity index (χ3v) is 4.74. The van der Waals surface area contributed by atoms with Gasteiger partial charge in [0.15, 0.2) is 0 Å². The summed E-state index contributed by atoms with van der Waals surface area (Å²) in [5.41, 5.74) is 1.61. The minimum Gasteiger partial charge on any atom is -0.497 e. The van der Waals surface area contributed by atoms with Crippen LogP contribution in [0.25, 0.3) is 0 Å². The van der Waals surface area contributed by atoms with Crippen molar-refractivity contribution in [2.24, 2.45) is 0 Å². The number of nitrogens with one attached hydrogen (secondary N) is 2. The first-order chi connectivity index (χ1) is 13.1. The molecule has 1 aromatic carbocycles. The van der Waals surface area contributed by atoms with E-state index in [1.54, 1.807) is 18.9 Å². The molecule has 1 aromatic heterocycles. The van der Waals surface area contributed by atoms with Gasteiger partial charge in [0.1, 0.15) is 12.1 Å². The van der Waals surface area contributed by atoms with Crippen LogP contribution >= 0.6 is 0 Å². The van der Waals surface area contributed by atoms with E-state index < -0.39 is 0 Å². The van der Waals surface area contributed by atoms with Crippen molar-refractivity contribution in [2.45, 2.75) is 25.3 Å². The molecule has 2 N–H and O–H groups in total. The van der Waals surface area contributed by atoms with E-state index in [9.17, 15) is 9.59 Å². The summed E-state index contributed by atoms with van der Waals surface area (Å²) < 4.78 is 5.22.